The van der Waals surface area contributed by atoms with Crippen molar-refractivity contribution in [3.8, 4) is 5.75 Å². The lowest BCUT2D eigenvalue weighted by Crippen LogP contribution is -2.31. The van der Waals surface area contributed by atoms with Crippen LogP contribution in [0.1, 0.15) is 24.1 Å². The van der Waals surface area contributed by atoms with E-state index in [1.807, 2.05) is 30.3 Å². The topological polar surface area (TPSA) is 75.7 Å². The van der Waals surface area contributed by atoms with Crippen LogP contribution in [0.5, 0.6) is 5.75 Å². The van der Waals surface area contributed by atoms with E-state index in [0.717, 1.165) is 11.1 Å². The number of amides is 1. The summed E-state index contributed by atoms with van der Waals surface area (Å²) >= 11 is 0. The van der Waals surface area contributed by atoms with Gasteiger partial charge in [-0.05, 0) is 54.4 Å². The average molecular weight is 457 g/mol. The SMILES string of the molecule is C[C@@H](NC(=O)COc1ccc(S(=O)(=O)N(C)Cc2ccccc2)cc1)c1ccc(F)cc1. The fourth-order valence-electron chi connectivity index (χ4n) is 3.08. The fourth-order valence-corrected chi connectivity index (χ4v) is 4.24. The molecule has 0 fully saturated rings. The number of hydrogen-bond acceptors (Lipinski definition) is 4. The van der Waals surface area contributed by atoms with Crippen molar-refractivity contribution in [3.05, 3.63) is 95.8 Å². The Kier molecular flexibility index (Phi) is 7.61. The Morgan fingerprint density at radius 1 is 1.00 bits per heavy atom. The standard InChI is InChI=1S/C24H25FN2O4S/c1-18(20-8-10-21(25)11-9-20)26-24(28)17-31-22-12-14-23(15-13-22)32(29,30)27(2)16-19-6-4-3-5-7-19/h3-15,18H,16-17H2,1-2H3,(H,26,28)/t18-/m1/s1. The molecule has 0 aliphatic rings. The zero-order valence-corrected chi connectivity index (χ0v) is 18.7. The summed E-state index contributed by atoms with van der Waals surface area (Å²) in [4.78, 5) is 12.3. The molecule has 6 nitrogen and oxygen atoms in total. The monoisotopic (exact) mass is 456 g/mol. The maximum atomic E-state index is 13.0. The van der Waals surface area contributed by atoms with Crippen molar-refractivity contribution in [2.24, 2.45) is 0 Å². The smallest absolute Gasteiger partial charge is 0.258 e. The molecule has 1 amide bonds. The van der Waals surface area contributed by atoms with Crippen molar-refractivity contribution in [3.63, 3.8) is 0 Å². The molecule has 0 saturated heterocycles. The van der Waals surface area contributed by atoms with Crippen LogP contribution in [0.3, 0.4) is 0 Å². The third kappa shape index (κ3) is 6.15. The van der Waals surface area contributed by atoms with E-state index in [1.165, 1.54) is 47.8 Å². The zero-order valence-electron chi connectivity index (χ0n) is 17.9. The molecule has 0 aliphatic carbocycles. The first-order valence-electron chi connectivity index (χ1n) is 10.0. The molecule has 0 bridgehead atoms. The third-order valence-electron chi connectivity index (χ3n) is 4.90. The fraction of sp³-hybridized carbons (Fsp3) is 0.208. The highest BCUT2D eigenvalue weighted by Crippen LogP contribution is 2.20. The number of hydrogen-bond donors (Lipinski definition) is 1. The highest BCUT2D eigenvalue weighted by atomic mass is 32.2. The Hall–Kier alpha value is -3.23. The predicted molar refractivity (Wildman–Crippen MR) is 120 cm³/mol. The second-order valence-corrected chi connectivity index (χ2v) is 9.39. The van der Waals surface area contributed by atoms with Crippen LogP contribution < -0.4 is 10.1 Å². The summed E-state index contributed by atoms with van der Waals surface area (Å²) in [6.45, 7) is 1.82. The molecule has 3 rings (SSSR count). The summed E-state index contributed by atoms with van der Waals surface area (Å²) in [7, 11) is -2.14. The molecule has 0 unspecified atom stereocenters. The number of rotatable bonds is 9. The first-order valence-corrected chi connectivity index (χ1v) is 11.5. The van der Waals surface area contributed by atoms with Crippen LogP contribution in [0.25, 0.3) is 0 Å². The lowest BCUT2D eigenvalue weighted by atomic mass is 10.1. The normalized spacial score (nSPS) is 12.4. The number of benzene rings is 3. The summed E-state index contributed by atoms with van der Waals surface area (Å²) in [6, 6.07) is 20.8. The maximum absolute atomic E-state index is 13.0. The summed E-state index contributed by atoms with van der Waals surface area (Å²) in [6.07, 6.45) is 0. The van der Waals surface area contributed by atoms with Crippen LogP contribution in [-0.4, -0.2) is 32.3 Å². The molecule has 1 N–H and O–H groups in total. The van der Waals surface area contributed by atoms with Gasteiger partial charge in [0, 0.05) is 13.6 Å². The van der Waals surface area contributed by atoms with E-state index in [9.17, 15) is 17.6 Å². The number of carbonyl (C=O) groups is 1. The second kappa shape index (κ2) is 10.4. The Morgan fingerprint density at radius 2 is 1.62 bits per heavy atom. The Labute approximate surface area is 187 Å². The van der Waals surface area contributed by atoms with Crippen molar-refractivity contribution in [2.45, 2.75) is 24.4 Å². The van der Waals surface area contributed by atoms with Gasteiger partial charge in [0.05, 0.1) is 10.9 Å². The van der Waals surface area contributed by atoms with Crippen LogP contribution in [-0.2, 0) is 21.4 Å². The summed E-state index contributed by atoms with van der Waals surface area (Å²) < 4.78 is 45.3. The zero-order chi connectivity index (χ0) is 23.1. The molecule has 0 radical (unpaired) electrons. The largest absolute Gasteiger partial charge is 0.484 e. The third-order valence-corrected chi connectivity index (χ3v) is 6.72. The molecule has 0 aliphatic heterocycles. The molecule has 0 saturated carbocycles. The molecule has 3 aromatic rings. The van der Waals surface area contributed by atoms with Gasteiger partial charge in [-0.2, -0.15) is 4.31 Å². The van der Waals surface area contributed by atoms with Gasteiger partial charge in [-0.3, -0.25) is 4.79 Å². The lowest BCUT2D eigenvalue weighted by molar-refractivity contribution is -0.123. The van der Waals surface area contributed by atoms with Crippen molar-refractivity contribution in [2.75, 3.05) is 13.7 Å². The lowest BCUT2D eigenvalue weighted by Gasteiger charge is -2.18. The van der Waals surface area contributed by atoms with Gasteiger partial charge in [-0.15, -0.1) is 0 Å². The average Bonchev–Trinajstić information content (AvgIpc) is 2.79. The predicted octanol–water partition coefficient (Wildman–Crippen LogP) is 3.90. The Balaban J connectivity index is 1.54. The summed E-state index contributed by atoms with van der Waals surface area (Å²) in [5.74, 6) is -0.312. The van der Waals surface area contributed by atoms with Crippen LogP contribution in [0, 0.1) is 5.82 Å². The van der Waals surface area contributed by atoms with Gasteiger partial charge in [-0.1, -0.05) is 42.5 Å². The first kappa shape index (κ1) is 23.4. The quantitative estimate of drug-likeness (QED) is 0.530. The summed E-state index contributed by atoms with van der Waals surface area (Å²) in [5.41, 5.74) is 1.66. The van der Waals surface area contributed by atoms with E-state index in [2.05, 4.69) is 5.32 Å². The van der Waals surface area contributed by atoms with E-state index in [4.69, 9.17) is 4.74 Å². The number of nitrogens with zero attached hydrogens (tertiary/aromatic N) is 1. The first-order chi connectivity index (χ1) is 15.3. The van der Waals surface area contributed by atoms with Crippen molar-refractivity contribution in [1.82, 2.24) is 9.62 Å². The van der Waals surface area contributed by atoms with Crippen LogP contribution in [0.15, 0.2) is 83.8 Å². The molecule has 0 aromatic heterocycles. The number of carbonyl (C=O) groups excluding carboxylic acids is 1. The minimum Gasteiger partial charge on any atom is -0.484 e. The van der Waals surface area contributed by atoms with E-state index in [1.54, 1.807) is 19.1 Å². The van der Waals surface area contributed by atoms with Gasteiger partial charge >= 0.3 is 0 Å². The van der Waals surface area contributed by atoms with Gasteiger partial charge < -0.3 is 10.1 Å². The molecule has 8 heteroatoms. The molecule has 0 heterocycles. The molecule has 168 valence electrons. The minimum atomic E-state index is -3.66. The van der Waals surface area contributed by atoms with Gasteiger partial charge in [0.1, 0.15) is 11.6 Å². The van der Waals surface area contributed by atoms with Gasteiger partial charge in [-0.25, -0.2) is 12.8 Å². The van der Waals surface area contributed by atoms with Crippen molar-refractivity contribution >= 4 is 15.9 Å². The molecular formula is C24H25FN2O4S. The van der Waals surface area contributed by atoms with E-state index < -0.39 is 10.0 Å². The van der Waals surface area contributed by atoms with Crippen molar-refractivity contribution in [1.29, 1.82) is 0 Å². The molecule has 32 heavy (non-hydrogen) atoms. The molecule has 3 aromatic carbocycles. The van der Waals surface area contributed by atoms with Gasteiger partial charge in [0.25, 0.3) is 5.91 Å². The number of halogens is 1. The number of ether oxygens (including phenoxy) is 1. The molecule has 0 spiro atoms. The van der Waals surface area contributed by atoms with Gasteiger partial charge in [0.2, 0.25) is 10.0 Å². The Bertz CT molecular complexity index is 1130. The van der Waals surface area contributed by atoms with E-state index in [0.29, 0.717) is 5.75 Å². The van der Waals surface area contributed by atoms with Crippen LogP contribution in [0.4, 0.5) is 4.39 Å². The van der Waals surface area contributed by atoms with E-state index >= 15 is 0 Å². The van der Waals surface area contributed by atoms with Crippen LogP contribution in [0.2, 0.25) is 0 Å². The molecular weight excluding hydrogens is 431 g/mol. The molecule has 1 atom stereocenters. The minimum absolute atomic E-state index is 0.137. The highest BCUT2D eigenvalue weighted by molar-refractivity contribution is 7.89. The number of sulfonamides is 1. The van der Waals surface area contributed by atoms with Gasteiger partial charge in [0.15, 0.2) is 6.61 Å². The van der Waals surface area contributed by atoms with Crippen LogP contribution >= 0.6 is 0 Å². The van der Waals surface area contributed by atoms with Crippen molar-refractivity contribution < 1.29 is 22.3 Å². The maximum Gasteiger partial charge on any atom is 0.258 e. The summed E-state index contributed by atoms with van der Waals surface area (Å²) in [5, 5.41) is 2.77. The second-order valence-electron chi connectivity index (χ2n) is 7.35. The number of nitrogens with one attached hydrogen (secondary N) is 1. The highest BCUT2D eigenvalue weighted by Gasteiger charge is 2.21. The Morgan fingerprint density at radius 3 is 2.25 bits per heavy atom. The van der Waals surface area contributed by atoms with E-state index in [-0.39, 0.29) is 35.8 Å².